The summed E-state index contributed by atoms with van der Waals surface area (Å²) in [5.74, 6) is -0.689. The molecular formula is C17H12Cl2O4. The minimum absolute atomic E-state index is 0.321. The van der Waals surface area contributed by atoms with Crippen LogP contribution in [0.1, 0.15) is 15.9 Å². The first-order chi connectivity index (χ1) is 11.0. The van der Waals surface area contributed by atoms with Crippen LogP contribution in [0.2, 0.25) is 10.0 Å². The van der Waals surface area contributed by atoms with Crippen LogP contribution >= 0.6 is 23.2 Å². The molecule has 0 heterocycles. The van der Waals surface area contributed by atoms with Gasteiger partial charge in [0.1, 0.15) is 5.75 Å². The van der Waals surface area contributed by atoms with Crippen LogP contribution in [0, 0.1) is 0 Å². The van der Waals surface area contributed by atoms with E-state index in [0.717, 1.165) is 5.56 Å². The predicted octanol–water partition coefficient (Wildman–Crippen LogP) is 4.40. The Morgan fingerprint density at radius 3 is 2.30 bits per heavy atom. The van der Waals surface area contributed by atoms with Crippen LogP contribution in [0.25, 0.3) is 6.08 Å². The number of carbonyl (C=O) groups is 2. The molecule has 0 aliphatic rings. The summed E-state index contributed by atoms with van der Waals surface area (Å²) in [5, 5.41) is 0.845. The van der Waals surface area contributed by atoms with Crippen molar-refractivity contribution in [1.82, 2.24) is 0 Å². The molecule has 0 amide bonds. The van der Waals surface area contributed by atoms with Gasteiger partial charge in [-0.15, -0.1) is 0 Å². The maximum atomic E-state index is 11.8. The Bertz CT molecular complexity index is 752. The van der Waals surface area contributed by atoms with E-state index in [-0.39, 0.29) is 0 Å². The fourth-order valence-electron chi connectivity index (χ4n) is 1.71. The van der Waals surface area contributed by atoms with Crippen molar-refractivity contribution in [3.8, 4) is 5.75 Å². The molecular weight excluding hydrogens is 339 g/mol. The lowest BCUT2D eigenvalue weighted by Gasteiger charge is -2.03. The number of hydrogen-bond acceptors (Lipinski definition) is 4. The molecule has 0 unspecified atom stereocenters. The van der Waals surface area contributed by atoms with Crippen LogP contribution in [0.5, 0.6) is 5.75 Å². The predicted molar refractivity (Wildman–Crippen MR) is 88.9 cm³/mol. The maximum absolute atomic E-state index is 11.8. The Hall–Kier alpha value is -2.30. The molecule has 0 bridgehead atoms. The molecule has 0 radical (unpaired) electrons. The van der Waals surface area contributed by atoms with E-state index >= 15 is 0 Å². The number of methoxy groups -OCH3 is 1. The standard InChI is InChI=1S/C17H12Cl2O4/c1-22-17(21)12-4-6-13(7-5-12)23-16(20)9-3-11-2-8-14(18)15(19)10-11/h2-10H,1H3/b9-3+. The molecule has 0 aliphatic carbocycles. The number of rotatable bonds is 4. The zero-order valence-electron chi connectivity index (χ0n) is 12.1. The first-order valence-electron chi connectivity index (χ1n) is 6.53. The normalized spacial score (nSPS) is 10.6. The monoisotopic (exact) mass is 350 g/mol. The summed E-state index contributed by atoms with van der Waals surface area (Å²) in [4.78, 5) is 23.0. The molecule has 6 heteroatoms. The third-order valence-corrected chi connectivity index (χ3v) is 3.59. The van der Waals surface area contributed by atoms with Crippen molar-refractivity contribution in [1.29, 1.82) is 0 Å². The molecule has 0 atom stereocenters. The zero-order valence-corrected chi connectivity index (χ0v) is 13.6. The Labute approximate surface area is 143 Å². The van der Waals surface area contributed by atoms with Gasteiger partial charge in [0.15, 0.2) is 0 Å². The number of halogens is 2. The SMILES string of the molecule is COC(=O)c1ccc(OC(=O)/C=C/c2ccc(Cl)c(Cl)c2)cc1. The summed E-state index contributed by atoms with van der Waals surface area (Å²) in [6.45, 7) is 0. The molecule has 2 rings (SSSR count). The number of carbonyl (C=O) groups excluding carboxylic acids is 2. The lowest BCUT2D eigenvalue weighted by molar-refractivity contribution is -0.128. The molecule has 0 fully saturated rings. The Morgan fingerprint density at radius 1 is 1.00 bits per heavy atom. The van der Waals surface area contributed by atoms with Gasteiger partial charge in [-0.1, -0.05) is 29.3 Å². The Morgan fingerprint density at radius 2 is 1.70 bits per heavy atom. The van der Waals surface area contributed by atoms with Gasteiger partial charge in [-0.05, 0) is 48.0 Å². The fraction of sp³-hybridized carbons (Fsp3) is 0.0588. The highest BCUT2D eigenvalue weighted by atomic mass is 35.5. The molecule has 118 valence electrons. The van der Waals surface area contributed by atoms with Crippen LogP contribution in [-0.4, -0.2) is 19.0 Å². The van der Waals surface area contributed by atoms with Crippen LogP contribution < -0.4 is 4.74 Å². The molecule has 2 aromatic carbocycles. The van der Waals surface area contributed by atoms with Gasteiger partial charge in [0.2, 0.25) is 0 Å². The van der Waals surface area contributed by atoms with Crippen molar-refractivity contribution < 1.29 is 19.1 Å². The number of hydrogen-bond donors (Lipinski definition) is 0. The lowest BCUT2D eigenvalue weighted by atomic mass is 10.2. The summed E-state index contributed by atoms with van der Waals surface area (Å²) in [5.41, 5.74) is 1.09. The van der Waals surface area contributed by atoms with Gasteiger partial charge < -0.3 is 9.47 Å². The van der Waals surface area contributed by atoms with Crippen molar-refractivity contribution in [2.24, 2.45) is 0 Å². The van der Waals surface area contributed by atoms with E-state index in [4.69, 9.17) is 27.9 Å². The van der Waals surface area contributed by atoms with Crippen LogP contribution in [0.4, 0.5) is 0 Å². The largest absolute Gasteiger partial charge is 0.465 e. The van der Waals surface area contributed by atoms with Gasteiger partial charge in [-0.3, -0.25) is 0 Å². The van der Waals surface area contributed by atoms with Crippen LogP contribution in [0.15, 0.2) is 48.5 Å². The Kier molecular flexibility index (Phi) is 5.79. The highest BCUT2D eigenvalue weighted by Gasteiger charge is 2.06. The summed E-state index contributed by atoms with van der Waals surface area (Å²) in [6.07, 6.45) is 2.83. The minimum Gasteiger partial charge on any atom is -0.465 e. The average molecular weight is 351 g/mol. The first-order valence-corrected chi connectivity index (χ1v) is 7.28. The van der Waals surface area contributed by atoms with Crippen molar-refractivity contribution >= 4 is 41.2 Å². The first kappa shape index (κ1) is 17.1. The molecule has 0 saturated heterocycles. The quantitative estimate of drug-likeness (QED) is 0.465. The van der Waals surface area contributed by atoms with E-state index < -0.39 is 11.9 Å². The van der Waals surface area contributed by atoms with Gasteiger partial charge in [0, 0.05) is 6.08 Å². The maximum Gasteiger partial charge on any atom is 0.337 e. The van der Waals surface area contributed by atoms with Crippen LogP contribution in [0.3, 0.4) is 0 Å². The summed E-state index contributed by atoms with van der Waals surface area (Å²) in [6, 6.07) is 11.0. The fourth-order valence-corrected chi connectivity index (χ4v) is 2.01. The zero-order chi connectivity index (χ0) is 16.8. The third kappa shape index (κ3) is 4.84. The van der Waals surface area contributed by atoms with E-state index in [1.807, 2.05) is 0 Å². The highest BCUT2D eigenvalue weighted by molar-refractivity contribution is 6.42. The van der Waals surface area contributed by atoms with E-state index in [1.54, 1.807) is 24.3 Å². The van der Waals surface area contributed by atoms with E-state index in [1.165, 1.54) is 37.5 Å². The van der Waals surface area contributed by atoms with E-state index in [9.17, 15) is 9.59 Å². The molecule has 0 aromatic heterocycles. The third-order valence-electron chi connectivity index (χ3n) is 2.85. The smallest absolute Gasteiger partial charge is 0.337 e. The average Bonchev–Trinajstić information content (AvgIpc) is 2.56. The van der Waals surface area contributed by atoms with Crippen molar-refractivity contribution in [2.75, 3.05) is 7.11 Å². The molecule has 0 N–H and O–H groups in total. The number of benzene rings is 2. The summed E-state index contributed by atoms with van der Waals surface area (Å²) < 4.78 is 9.71. The molecule has 2 aromatic rings. The van der Waals surface area contributed by atoms with Crippen molar-refractivity contribution in [2.45, 2.75) is 0 Å². The molecule has 0 aliphatic heterocycles. The topological polar surface area (TPSA) is 52.6 Å². The highest BCUT2D eigenvalue weighted by Crippen LogP contribution is 2.23. The van der Waals surface area contributed by atoms with E-state index in [2.05, 4.69) is 4.74 Å². The second-order valence-electron chi connectivity index (χ2n) is 4.44. The number of esters is 2. The van der Waals surface area contributed by atoms with Gasteiger partial charge in [-0.25, -0.2) is 9.59 Å². The number of ether oxygens (including phenoxy) is 2. The molecule has 23 heavy (non-hydrogen) atoms. The Balaban J connectivity index is 2.00. The summed E-state index contributed by atoms with van der Waals surface area (Å²) in [7, 11) is 1.30. The molecule has 4 nitrogen and oxygen atoms in total. The minimum atomic E-state index is -0.554. The lowest BCUT2D eigenvalue weighted by Crippen LogP contribution is -2.05. The summed E-state index contributed by atoms with van der Waals surface area (Å²) >= 11 is 11.7. The van der Waals surface area contributed by atoms with Gasteiger partial charge in [0.05, 0.1) is 22.7 Å². The second-order valence-corrected chi connectivity index (χ2v) is 5.26. The van der Waals surface area contributed by atoms with Gasteiger partial charge in [0.25, 0.3) is 0 Å². The van der Waals surface area contributed by atoms with Crippen LogP contribution in [-0.2, 0) is 9.53 Å². The molecule has 0 spiro atoms. The van der Waals surface area contributed by atoms with Gasteiger partial charge in [-0.2, -0.15) is 0 Å². The van der Waals surface area contributed by atoms with Gasteiger partial charge >= 0.3 is 11.9 Å². The second kappa shape index (κ2) is 7.81. The molecule has 0 saturated carbocycles. The van der Waals surface area contributed by atoms with Crippen molar-refractivity contribution in [3.05, 3.63) is 69.7 Å². The van der Waals surface area contributed by atoms with Crippen molar-refractivity contribution in [3.63, 3.8) is 0 Å². The van der Waals surface area contributed by atoms with E-state index in [0.29, 0.717) is 21.4 Å².